The van der Waals surface area contributed by atoms with Crippen LogP contribution in [0.25, 0.3) is 16.8 Å². The van der Waals surface area contributed by atoms with E-state index in [1.54, 1.807) is 41.1 Å². The highest BCUT2D eigenvalue weighted by Gasteiger charge is 2.07. The van der Waals surface area contributed by atoms with Crippen molar-refractivity contribution in [2.75, 3.05) is 0 Å². The Morgan fingerprint density at radius 1 is 0.870 bits per heavy atom. The minimum atomic E-state index is -0.505. The van der Waals surface area contributed by atoms with Crippen molar-refractivity contribution in [3.8, 4) is 16.8 Å². The molecule has 0 amide bonds. The zero-order chi connectivity index (χ0) is 16.2. The van der Waals surface area contributed by atoms with Crippen LogP contribution in [0.1, 0.15) is 10.4 Å². The molecule has 0 saturated heterocycles. The van der Waals surface area contributed by atoms with E-state index in [4.69, 9.17) is 0 Å². The minimum absolute atomic E-state index is 0.102. The Hall–Kier alpha value is -2.79. The van der Waals surface area contributed by atoms with E-state index in [0.29, 0.717) is 5.56 Å². The van der Waals surface area contributed by atoms with Gasteiger partial charge >= 0.3 is 5.97 Å². The fourth-order valence-corrected chi connectivity index (χ4v) is 2.41. The van der Waals surface area contributed by atoms with Crippen molar-refractivity contribution < 1.29 is 8.98 Å². The number of carbonyl (C=O) groups is 1. The van der Waals surface area contributed by atoms with Gasteiger partial charge in [-0.2, -0.15) is 0 Å². The SMILES string of the molecule is O=C(OS)c1ccc(-c2ccc(=O)n(-c3ccccc3)c2)cc1. The first kappa shape index (κ1) is 15.1. The second-order valence-corrected chi connectivity index (χ2v) is 5.10. The second-order valence-electron chi connectivity index (χ2n) is 4.92. The summed E-state index contributed by atoms with van der Waals surface area (Å²) in [5.41, 5.74) is 2.88. The molecule has 5 heteroatoms. The lowest BCUT2D eigenvalue weighted by molar-refractivity contribution is 0.0772. The predicted molar refractivity (Wildman–Crippen MR) is 91.9 cm³/mol. The highest BCUT2D eigenvalue weighted by Crippen LogP contribution is 2.20. The average molecular weight is 323 g/mol. The van der Waals surface area contributed by atoms with Crippen LogP contribution in [0.2, 0.25) is 0 Å². The summed E-state index contributed by atoms with van der Waals surface area (Å²) in [6, 6.07) is 19.6. The zero-order valence-electron chi connectivity index (χ0n) is 12.0. The Morgan fingerprint density at radius 2 is 1.52 bits per heavy atom. The molecule has 0 aliphatic carbocycles. The molecule has 114 valence electrons. The highest BCUT2D eigenvalue weighted by molar-refractivity contribution is 7.75. The van der Waals surface area contributed by atoms with Crippen molar-refractivity contribution in [1.82, 2.24) is 4.57 Å². The topological polar surface area (TPSA) is 48.3 Å². The molecule has 0 N–H and O–H groups in total. The van der Waals surface area contributed by atoms with Crippen molar-refractivity contribution in [1.29, 1.82) is 0 Å². The fourth-order valence-electron chi connectivity index (χ4n) is 2.30. The van der Waals surface area contributed by atoms with Crippen molar-refractivity contribution >= 4 is 18.9 Å². The largest absolute Gasteiger partial charge is 0.391 e. The third-order valence-corrected chi connectivity index (χ3v) is 3.65. The molecule has 3 aromatic rings. The molecule has 0 saturated carbocycles. The highest BCUT2D eigenvalue weighted by atomic mass is 32.1. The molecule has 3 rings (SSSR count). The van der Waals surface area contributed by atoms with E-state index in [0.717, 1.165) is 16.8 Å². The van der Waals surface area contributed by atoms with Gasteiger partial charge < -0.3 is 4.18 Å². The number of benzene rings is 2. The molecule has 0 radical (unpaired) electrons. The number of para-hydroxylation sites is 1. The Balaban J connectivity index is 2.01. The zero-order valence-corrected chi connectivity index (χ0v) is 12.9. The molecule has 2 aromatic carbocycles. The summed E-state index contributed by atoms with van der Waals surface area (Å²) >= 11 is 3.50. The van der Waals surface area contributed by atoms with E-state index in [9.17, 15) is 9.59 Å². The van der Waals surface area contributed by atoms with Crippen LogP contribution in [0, 0.1) is 0 Å². The molecule has 0 atom stereocenters. The molecule has 1 heterocycles. The first-order valence-corrected chi connectivity index (χ1v) is 7.30. The standard InChI is InChI=1S/C18H13NO3S/c20-17-11-10-15(12-19(17)16-4-2-1-3-5-16)13-6-8-14(9-7-13)18(21)22-23/h1-12,23H. The Kier molecular flexibility index (Phi) is 4.30. The number of aromatic nitrogens is 1. The molecule has 0 fully saturated rings. The summed E-state index contributed by atoms with van der Waals surface area (Å²) in [4.78, 5) is 23.5. The van der Waals surface area contributed by atoms with Crippen LogP contribution in [-0.4, -0.2) is 10.5 Å². The van der Waals surface area contributed by atoms with Gasteiger partial charge in [0.05, 0.1) is 5.56 Å². The molecule has 0 unspecified atom stereocenters. The van der Waals surface area contributed by atoms with Crippen LogP contribution in [0.4, 0.5) is 0 Å². The first-order chi connectivity index (χ1) is 11.2. The number of pyridine rings is 1. The summed E-state index contributed by atoms with van der Waals surface area (Å²) in [6.45, 7) is 0. The number of hydrogen-bond donors (Lipinski definition) is 1. The number of nitrogens with zero attached hydrogens (tertiary/aromatic N) is 1. The van der Waals surface area contributed by atoms with Gasteiger partial charge in [-0.25, -0.2) is 4.79 Å². The number of carbonyl (C=O) groups excluding carboxylic acids is 1. The Bertz CT molecular complexity index is 886. The van der Waals surface area contributed by atoms with E-state index < -0.39 is 5.97 Å². The van der Waals surface area contributed by atoms with Gasteiger partial charge in [0.25, 0.3) is 5.56 Å². The number of rotatable bonds is 3. The van der Waals surface area contributed by atoms with Gasteiger partial charge in [0.2, 0.25) is 0 Å². The summed E-state index contributed by atoms with van der Waals surface area (Å²) in [5.74, 6) is -0.505. The van der Waals surface area contributed by atoms with Crippen LogP contribution in [0.15, 0.2) is 77.7 Å². The maximum atomic E-state index is 12.1. The van der Waals surface area contributed by atoms with E-state index in [1.807, 2.05) is 30.3 Å². The maximum Gasteiger partial charge on any atom is 0.349 e. The second kappa shape index (κ2) is 6.54. The van der Waals surface area contributed by atoms with Gasteiger partial charge in [-0.1, -0.05) is 30.3 Å². The van der Waals surface area contributed by atoms with Gasteiger partial charge in [0.1, 0.15) is 0 Å². The van der Waals surface area contributed by atoms with Gasteiger partial charge in [-0.05, 0) is 41.5 Å². The van der Waals surface area contributed by atoms with E-state index >= 15 is 0 Å². The summed E-state index contributed by atoms with van der Waals surface area (Å²) in [5, 5.41) is 0. The fraction of sp³-hybridized carbons (Fsp3) is 0. The summed E-state index contributed by atoms with van der Waals surface area (Å²) < 4.78 is 5.97. The van der Waals surface area contributed by atoms with Crippen LogP contribution in [-0.2, 0) is 4.18 Å². The number of hydrogen-bond acceptors (Lipinski definition) is 4. The third kappa shape index (κ3) is 3.19. The molecule has 0 spiro atoms. The quantitative estimate of drug-likeness (QED) is 0.593. The molecular formula is C18H13NO3S. The minimum Gasteiger partial charge on any atom is -0.391 e. The molecule has 0 aliphatic rings. The first-order valence-electron chi connectivity index (χ1n) is 6.93. The lowest BCUT2D eigenvalue weighted by Gasteiger charge is -2.09. The molecule has 0 bridgehead atoms. The average Bonchev–Trinajstić information content (AvgIpc) is 2.62. The van der Waals surface area contributed by atoms with Crippen LogP contribution in [0.5, 0.6) is 0 Å². The molecule has 4 nitrogen and oxygen atoms in total. The Morgan fingerprint density at radius 3 is 2.17 bits per heavy atom. The monoisotopic (exact) mass is 323 g/mol. The van der Waals surface area contributed by atoms with Gasteiger partial charge in [0.15, 0.2) is 0 Å². The van der Waals surface area contributed by atoms with Crippen molar-refractivity contribution in [3.05, 3.63) is 88.8 Å². The Labute approximate surface area is 138 Å². The van der Waals surface area contributed by atoms with Gasteiger partial charge in [-0.3, -0.25) is 9.36 Å². The molecular weight excluding hydrogens is 310 g/mol. The van der Waals surface area contributed by atoms with E-state index in [-0.39, 0.29) is 5.56 Å². The predicted octanol–water partition coefficient (Wildman–Crippen LogP) is 3.51. The normalized spacial score (nSPS) is 10.3. The van der Waals surface area contributed by atoms with Crippen molar-refractivity contribution in [3.63, 3.8) is 0 Å². The van der Waals surface area contributed by atoms with Crippen LogP contribution >= 0.6 is 12.9 Å². The maximum absolute atomic E-state index is 12.1. The van der Waals surface area contributed by atoms with E-state index in [1.165, 1.54) is 6.07 Å². The van der Waals surface area contributed by atoms with E-state index in [2.05, 4.69) is 17.1 Å². The molecule has 23 heavy (non-hydrogen) atoms. The van der Waals surface area contributed by atoms with Crippen LogP contribution < -0.4 is 5.56 Å². The lowest BCUT2D eigenvalue weighted by Crippen LogP contribution is -2.16. The summed E-state index contributed by atoms with van der Waals surface area (Å²) in [7, 11) is 0. The van der Waals surface area contributed by atoms with Crippen molar-refractivity contribution in [2.45, 2.75) is 0 Å². The van der Waals surface area contributed by atoms with Gasteiger partial charge in [0, 0.05) is 30.9 Å². The number of thiol groups is 1. The third-order valence-electron chi connectivity index (χ3n) is 3.48. The lowest BCUT2D eigenvalue weighted by atomic mass is 10.1. The smallest absolute Gasteiger partial charge is 0.349 e. The summed E-state index contributed by atoms with van der Waals surface area (Å²) in [6.07, 6.45) is 1.78. The van der Waals surface area contributed by atoms with Gasteiger partial charge in [-0.15, -0.1) is 0 Å². The van der Waals surface area contributed by atoms with Crippen molar-refractivity contribution in [2.24, 2.45) is 0 Å². The molecule has 1 aromatic heterocycles. The molecule has 0 aliphatic heterocycles. The van der Waals surface area contributed by atoms with Crippen LogP contribution in [0.3, 0.4) is 0 Å².